The molecule has 23 heavy (non-hydrogen) atoms. The molecule has 0 bridgehead atoms. The van der Waals surface area contributed by atoms with Gasteiger partial charge in [-0.1, -0.05) is 12.1 Å². The minimum Gasteiger partial charge on any atom is -0.482 e. The molecule has 0 unspecified atom stereocenters. The quantitative estimate of drug-likeness (QED) is 0.656. The zero-order valence-electron chi connectivity index (χ0n) is 13.2. The second kappa shape index (κ2) is 7.09. The lowest BCUT2D eigenvalue weighted by Crippen LogP contribution is -2.17. The van der Waals surface area contributed by atoms with Crippen LogP contribution in [-0.4, -0.2) is 30.0 Å². The average Bonchev–Trinajstić information content (AvgIpc) is 2.81. The molecule has 122 valence electrons. The number of rotatable bonds is 6. The zero-order chi connectivity index (χ0) is 17.0. The van der Waals surface area contributed by atoms with E-state index in [1.807, 2.05) is 0 Å². The van der Waals surface area contributed by atoms with Crippen molar-refractivity contribution in [1.29, 1.82) is 0 Å². The van der Waals surface area contributed by atoms with Gasteiger partial charge in [-0.25, -0.2) is 9.18 Å². The van der Waals surface area contributed by atoms with E-state index in [0.717, 1.165) is 0 Å². The maximum Gasteiger partial charge on any atom is 0.340 e. The van der Waals surface area contributed by atoms with E-state index in [1.54, 1.807) is 26.8 Å². The number of esters is 1. The number of hydrogen-bond donors (Lipinski definition) is 1. The molecule has 0 spiro atoms. The fourth-order valence-corrected chi connectivity index (χ4v) is 2.37. The highest BCUT2D eigenvalue weighted by Crippen LogP contribution is 2.21. The summed E-state index contributed by atoms with van der Waals surface area (Å²) in [5, 5.41) is 0. The van der Waals surface area contributed by atoms with Gasteiger partial charge in [0.25, 0.3) is 0 Å². The number of aryl methyl sites for hydroxylation is 2. The Kier molecular flexibility index (Phi) is 5.16. The minimum atomic E-state index is -0.566. The predicted octanol–water partition coefficient (Wildman–Crippen LogP) is 3.21. The number of benzene rings is 1. The summed E-state index contributed by atoms with van der Waals surface area (Å²) in [6, 6.07) is 5.82. The van der Waals surface area contributed by atoms with Crippen molar-refractivity contribution in [3.63, 3.8) is 0 Å². The van der Waals surface area contributed by atoms with Crippen LogP contribution < -0.4 is 4.74 Å². The molecule has 0 aliphatic rings. The summed E-state index contributed by atoms with van der Waals surface area (Å²) in [6.45, 7) is 4.91. The monoisotopic (exact) mass is 319 g/mol. The number of para-hydroxylation sites is 1. The van der Waals surface area contributed by atoms with Crippen LogP contribution in [0.1, 0.15) is 39.0 Å². The molecular formula is C17H18FNO4. The molecule has 2 aromatic rings. The van der Waals surface area contributed by atoms with E-state index in [9.17, 15) is 14.0 Å². The van der Waals surface area contributed by atoms with Crippen molar-refractivity contribution >= 4 is 11.8 Å². The first-order valence-corrected chi connectivity index (χ1v) is 7.22. The van der Waals surface area contributed by atoms with Crippen molar-refractivity contribution in [2.75, 3.05) is 13.2 Å². The third-order valence-corrected chi connectivity index (χ3v) is 3.33. The van der Waals surface area contributed by atoms with Gasteiger partial charge >= 0.3 is 5.97 Å². The van der Waals surface area contributed by atoms with Crippen molar-refractivity contribution in [3.8, 4) is 5.75 Å². The van der Waals surface area contributed by atoms with Crippen molar-refractivity contribution in [2.45, 2.75) is 20.8 Å². The lowest BCUT2D eigenvalue weighted by atomic mass is 10.1. The van der Waals surface area contributed by atoms with Crippen LogP contribution >= 0.6 is 0 Å². The number of nitrogens with one attached hydrogen (secondary N) is 1. The van der Waals surface area contributed by atoms with Gasteiger partial charge in [0, 0.05) is 11.4 Å². The molecule has 2 rings (SSSR count). The first-order chi connectivity index (χ1) is 11.0. The SMILES string of the molecule is CCOC(=O)c1c(C)[nH]c(C)c1C(=O)COc1ccccc1F. The molecule has 0 aliphatic heterocycles. The van der Waals surface area contributed by atoms with Gasteiger partial charge in [-0.15, -0.1) is 0 Å². The molecule has 0 amide bonds. The van der Waals surface area contributed by atoms with Gasteiger partial charge < -0.3 is 14.5 Å². The molecule has 1 aromatic heterocycles. The van der Waals surface area contributed by atoms with Crippen molar-refractivity contribution < 1.29 is 23.5 Å². The number of carbonyl (C=O) groups is 2. The van der Waals surface area contributed by atoms with Crippen LogP contribution in [0, 0.1) is 19.7 Å². The molecule has 0 atom stereocenters. The third kappa shape index (κ3) is 3.59. The first-order valence-electron chi connectivity index (χ1n) is 7.22. The van der Waals surface area contributed by atoms with Crippen molar-refractivity contribution in [2.24, 2.45) is 0 Å². The number of Topliss-reactive ketones (excluding diaryl/α,β-unsaturated/α-hetero) is 1. The molecule has 0 radical (unpaired) electrons. The maximum atomic E-state index is 13.5. The fraction of sp³-hybridized carbons (Fsp3) is 0.294. The Balaban J connectivity index is 2.22. The van der Waals surface area contributed by atoms with E-state index in [0.29, 0.717) is 11.4 Å². The van der Waals surface area contributed by atoms with Crippen molar-refractivity contribution in [1.82, 2.24) is 4.98 Å². The van der Waals surface area contributed by atoms with E-state index in [4.69, 9.17) is 9.47 Å². The summed E-state index contributed by atoms with van der Waals surface area (Å²) < 4.78 is 23.7. The predicted molar refractivity (Wildman–Crippen MR) is 82.4 cm³/mol. The highest BCUT2D eigenvalue weighted by atomic mass is 19.1. The summed E-state index contributed by atoms with van der Waals surface area (Å²) in [4.78, 5) is 27.4. The van der Waals surface area contributed by atoms with Gasteiger partial charge in [0.1, 0.15) is 0 Å². The average molecular weight is 319 g/mol. The topological polar surface area (TPSA) is 68.4 Å². The minimum absolute atomic E-state index is 0.0107. The number of halogens is 1. The summed E-state index contributed by atoms with van der Waals surface area (Å²) in [7, 11) is 0. The zero-order valence-corrected chi connectivity index (χ0v) is 13.2. The molecule has 0 aliphatic carbocycles. The van der Waals surface area contributed by atoms with E-state index in [2.05, 4.69) is 4.98 Å². The third-order valence-electron chi connectivity index (χ3n) is 3.33. The maximum absolute atomic E-state index is 13.5. The summed E-state index contributed by atoms with van der Waals surface area (Å²) >= 11 is 0. The number of ketones is 1. The number of aromatic nitrogens is 1. The standard InChI is InChI=1S/C17H18FNO4/c1-4-22-17(21)16-11(3)19-10(2)15(16)13(20)9-23-14-8-6-5-7-12(14)18/h5-8,19H,4,9H2,1-3H3. The number of H-pyrrole nitrogens is 1. The number of ether oxygens (including phenoxy) is 2. The molecule has 6 heteroatoms. The Labute approximate surface area is 133 Å². The Morgan fingerprint density at radius 3 is 2.43 bits per heavy atom. The smallest absolute Gasteiger partial charge is 0.340 e. The van der Waals surface area contributed by atoms with Gasteiger partial charge in [0.15, 0.2) is 18.2 Å². The molecule has 0 saturated carbocycles. The summed E-state index contributed by atoms with van der Waals surface area (Å²) in [5.41, 5.74) is 1.52. The van der Waals surface area contributed by atoms with E-state index < -0.39 is 17.6 Å². The normalized spacial score (nSPS) is 10.4. The molecule has 1 heterocycles. The van der Waals surface area contributed by atoms with Crippen LogP contribution in [-0.2, 0) is 4.74 Å². The largest absolute Gasteiger partial charge is 0.482 e. The highest BCUT2D eigenvalue weighted by molar-refractivity contribution is 6.08. The lowest BCUT2D eigenvalue weighted by molar-refractivity contribution is 0.0522. The van der Waals surface area contributed by atoms with Crippen LogP contribution in [0.5, 0.6) is 5.75 Å². The van der Waals surface area contributed by atoms with Crippen molar-refractivity contribution in [3.05, 3.63) is 52.6 Å². The Hall–Kier alpha value is -2.63. The van der Waals surface area contributed by atoms with Crippen LogP contribution in [0.2, 0.25) is 0 Å². The van der Waals surface area contributed by atoms with E-state index >= 15 is 0 Å². The Bertz CT molecular complexity index is 736. The first kappa shape index (κ1) is 16.7. The van der Waals surface area contributed by atoms with E-state index in [-0.39, 0.29) is 30.1 Å². The molecule has 0 fully saturated rings. The number of aromatic amines is 1. The fourth-order valence-electron chi connectivity index (χ4n) is 2.37. The van der Waals surface area contributed by atoms with Gasteiger partial charge in [0.2, 0.25) is 5.78 Å². The molecular weight excluding hydrogens is 301 g/mol. The van der Waals surface area contributed by atoms with Gasteiger partial charge in [-0.2, -0.15) is 0 Å². The van der Waals surface area contributed by atoms with Crippen LogP contribution in [0.4, 0.5) is 4.39 Å². The Morgan fingerprint density at radius 1 is 1.13 bits per heavy atom. The number of hydrogen-bond acceptors (Lipinski definition) is 4. The number of carbonyl (C=O) groups excluding carboxylic acids is 2. The Morgan fingerprint density at radius 2 is 1.78 bits per heavy atom. The second-order valence-corrected chi connectivity index (χ2v) is 4.99. The highest BCUT2D eigenvalue weighted by Gasteiger charge is 2.25. The summed E-state index contributed by atoms with van der Waals surface area (Å²) in [5.74, 6) is -1.54. The summed E-state index contributed by atoms with van der Waals surface area (Å²) in [6.07, 6.45) is 0. The van der Waals surface area contributed by atoms with Gasteiger partial charge in [0.05, 0.1) is 17.7 Å². The van der Waals surface area contributed by atoms with Crippen LogP contribution in [0.15, 0.2) is 24.3 Å². The molecule has 5 nitrogen and oxygen atoms in total. The van der Waals surface area contributed by atoms with Crippen LogP contribution in [0.3, 0.4) is 0 Å². The van der Waals surface area contributed by atoms with Crippen LogP contribution in [0.25, 0.3) is 0 Å². The lowest BCUT2D eigenvalue weighted by Gasteiger charge is -2.08. The van der Waals surface area contributed by atoms with Gasteiger partial charge in [-0.3, -0.25) is 4.79 Å². The molecule has 0 saturated heterocycles. The second-order valence-electron chi connectivity index (χ2n) is 4.99. The molecule has 1 aromatic carbocycles. The van der Waals surface area contributed by atoms with E-state index in [1.165, 1.54) is 18.2 Å². The van der Waals surface area contributed by atoms with Gasteiger partial charge in [-0.05, 0) is 32.9 Å². The molecule has 1 N–H and O–H groups in total.